The van der Waals surface area contributed by atoms with Gasteiger partial charge in [0.15, 0.2) is 5.82 Å². The minimum absolute atomic E-state index is 0.206. The lowest BCUT2D eigenvalue weighted by atomic mass is 10.0. The van der Waals surface area contributed by atoms with E-state index in [4.69, 9.17) is 4.74 Å². The maximum absolute atomic E-state index is 11.2. The second-order valence-corrected chi connectivity index (χ2v) is 5.65. The number of aromatic amines is 2. The highest BCUT2D eigenvalue weighted by molar-refractivity contribution is 5.52. The van der Waals surface area contributed by atoms with Crippen LogP contribution in [0.2, 0.25) is 0 Å². The molecule has 8 nitrogen and oxygen atoms in total. The zero-order valence-electron chi connectivity index (χ0n) is 13.0. The van der Waals surface area contributed by atoms with Crippen molar-refractivity contribution < 1.29 is 4.74 Å². The first-order valence-corrected chi connectivity index (χ1v) is 7.65. The lowest BCUT2D eigenvalue weighted by Crippen LogP contribution is -2.14. The van der Waals surface area contributed by atoms with E-state index in [-0.39, 0.29) is 11.7 Å². The van der Waals surface area contributed by atoms with Gasteiger partial charge in [-0.3, -0.25) is 4.98 Å². The van der Waals surface area contributed by atoms with Crippen molar-refractivity contribution in [2.24, 2.45) is 0 Å². The molecule has 4 rings (SSSR count). The van der Waals surface area contributed by atoms with E-state index in [9.17, 15) is 4.79 Å². The highest BCUT2D eigenvalue weighted by atomic mass is 16.5. The molecule has 0 bridgehead atoms. The molecular formula is C16H16N6O2. The van der Waals surface area contributed by atoms with E-state index in [0.717, 1.165) is 28.4 Å². The molecule has 1 aliphatic rings. The molecule has 0 radical (unpaired) electrons. The maximum atomic E-state index is 11.2. The summed E-state index contributed by atoms with van der Waals surface area (Å²) in [5.74, 6) is 2.11. The summed E-state index contributed by atoms with van der Waals surface area (Å²) in [7, 11) is 0. The Hall–Kier alpha value is -3.16. The molecule has 0 saturated heterocycles. The fourth-order valence-corrected chi connectivity index (χ4v) is 2.77. The number of ether oxygens (including phenoxy) is 1. The van der Waals surface area contributed by atoms with Crippen LogP contribution < -0.4 is 15.7 Å². The number of hydrogen-bond acceptors (Lipinski definition) is 6. The molecule has 8 heteroatoms. The number of aromatic nitrogens is 5. The number of hydrogen-bond donors (Lipinski definition) is 3. The number of benzene rings is 1. The Labute approximate surface area is 137 Å². The molecule has 24 heavy (non-hydrogen) atoms. The fourth-order valence-electron chi connectivity index (χ4n) is 2.77. The predicted octanol–water partition coefficient (Wildman–Crippen LogP) is 1.54. The van der Waals surface area contributed by atoms with E-state index < -0.39 is 0 Å². The molecule has 0 spiro atoms. The Morgan fingerprint density at radius 1 is 1.29 bits per heavy atom. The van der Waals surface area contributed by atoms with Crippen LogP contribution >= 0.6 is 0 Å². The van der Waals surface area contributed by atoms with Crippen molar-refractivity contribution in [1.29, 1.82) is 0 Å². The Morgan fingerprint density at radius 2 is 2.17 bits per heavy atom. The first-order chi connectivity index (χ1) is 11.7. The van der Waals surface area contributed by atoms with Gasteiger partial charge in [0, 0.05) is 12.0 Å². The van der Waals surface area contributed by atoms with Crippen LogP contribution in [-0.2, 0) is 13.0 Å². The van der Waals surface area contributed by atoms with Gasteiger partial charge in [-0.25, -0.2) is 19.9 Å². The van der Waals surface area contributed by atoms with Crippen LogP contribution in [0.1, 0.15) is 35.6 Å². The lowest BCUT2D eigenvalue weighted by molar-refractivity contribution is 0.302. The molecule has 0 unspecified atom stereocenters. The summed E-state index contributed by atoms with van der Waals surface area (Å²) >= 11 is 0. The number of H-pyrrole nitrogens is 2. The van der Waals surface area contributed by atoms with Crippen LogP contribution in [0.3, 0.4) is 0 Å². The Kier molecular flexibility index (Phi) is 3.49. The molecule has 2 aromatic heterocycles. The third-order valence-corrected chi connectivity index (χ3v) is 4.02. The van der Waals surface area contributed by atoms with Crippen molar-refractivity contribution >= 4 is 5.82 Å². The number of nitrogens with one attached hydrogen (secondary N) is 3. The summed E-state index contributed by atoms with van der Waals surface area (Å²) in [6.07, 6.45) is 2.19. The van der Waals surface area contributed by atoms with Gasteiger partial charge in [0.1, 0.15) is 24.5 Å². The molecule has 1 atom stereocenters. The van der Waals surface area contributed by atoms with Crippen LogP contribution in [0.15, 0.2) is 35.4 Å². The third-order valence-electron chi connectivity index (χ3n) is 4.02. The largest absolute Gasteiger partial charge is 0.487 e. The smallest absolute Gasteiger partial charge is 0.340 e. The Balaban J connectivity index is 1.68. The standard InChI is InChI=1S/C16H16N6O2/c1-9(14-20-16(23)22-21-14)19-15-11-6-10-4-2-3-5-13(10)24-7-12(11)17-8-18-15/h2-5,8-9H,6-7H2,1H3,(H,17,18,19)(H2,20,21,22,23)/t9-/m0/s1. The molecule has 0 fully saturated rings. The average Bonchev–Trinajstić information content (AvgIpc) is 2.93. The van der Waals surface area contributed by atoms with Gasteiger partial charge in [0.25, 0.3) is 0 Å². The molecule has 3 aromatic rings. The highest BCUT2D eigenvalue weighted by Gasteiger charge is 2.20. The van der Waals surface area contributed by atoms with Gasteiger partial charge in [-0.1, -0.05) is 18.2 Å². The van der Waals surface area contributed by atoms with Crippen LogP contribution in [-0.4, -0.2) is 25.1 Å². The van der Waals surface area contributed by atoms with E-state index in [1.165, 1.54) is 6.33 Å². The van der Waals surface area contributed by atoms with E-state index in [2.05, 4.69) is 30.5 Å². The lowest BCUT2D eigenvalue weighted by Gasteiger charge is -2.15. The molecule has 1 aliphatic heterocycles. The SMILES string of the molecule is C[C@H](Nc1ncnc2c1Cc1ccccc1OC2)c1n[nH]c(=O)[nH]1. The summed E-state index contributed by atoms with van der Waals surface area (Å²) in [5.41, 5.74) is 2.61. The molecule has 0 amide bonds. The van der Waals surface area contributed by atoms with E-state index in [1.807, 2.05) is 31.2 Å². The molecular weight excluding hydrogens is 308 g/mol. The second-order valence-electron chi connectivity index (χ2n) is 5.65. The van der Waals surface area contributed by atoms with Crippen molar-refractivity contribution in [3.05, 3.63) is 63.7 Å². The second kappa shape index (κ2) is 5.80. The zero-order valence-corrected chi connectivity index (χ0v) is 13.0. The first-order valence-electron chi connectivity index (χ1n) is 7.65. The highest BCUT2D eigenvalue weighted by Crippen LogP contribution is 2.30. The van der Waals surface area contributed by atoms with Gasteiger partial charge < -0.3 is 10.1 Å². The fraction of sp³-hybridized carbons (Fsp3) is 0.250. The van der Waals surface area contributed by atoms with Crippen molar-refractivity contribution in [2.75, 3.05) is 5.32 Å². The van der Waals surface area contributed by atoms with E-state index in [0.29, 0.717) is 18.9 Å². The van der Waals surface area contributed by atoms with Crippen LogP contribution in [0.25, 0.3) is 0 Å². The minimum Gasteiger partial charge on any atom is -0.487 e. The van der Waals surface area contributed by atoms with Gasteiger partial charge >= 0.3 is 5.69 Å². The molecule has 3 heterocycles. The van der Waals surface area contributed by atoms with Gasteiger partial charge in [-0.05, 0) is 18.6 Å². The molecule has 122 valence electrons. The average molecular weight is 324 g/mol. The number of rotatable bonds is 3. The summed E-state index contributed by atoms with van der Waals surface area (Å²) in [5, 5.41) is 9.62. The predicted molar refractivity (Wildman–Crippen MR) is 86.9 cm³/mol. The maximum Gasteiger partial charge on any atom is 0.340 e. The first kappa shape index (κ1) is 14.4. The van der Waals surface area contributed by atoms with Gasteiger partial charge in [-0.2, -0.15) is 5.10 Å². The number of anilines is 1. The summed E-state index contributed by atoms with van der Waals surface area (Å²) in [6, 6.07) is 7.73. The van der Waals surface area contributed by atoms with Crippen LogP contribution in [0.4, 0.5) is 5.82 Å². The van der Waals surface area contributed by atoms with Gasteiger partial charge in [0.2, 0.25) is 0 Å². The van der Waals surface area contributed by atoms with Crippen molar-refractivity contribution in [2.45, 2.75) is 26.0 Å². The number of nitrogens with zero attached hydrogens (tertiary/aromatic N) is 3. The number of para-hydroxylation sites is 1. The Morgan fingerprint density at radius 3 is 3.00 bits per heavy atom. The summed E-state index contributed by atoms with van der Waals surface area (Å²) in [4.78, 5) is 22.6. The zero-order chi connectivity index (χ0) is 16.5. The van der Waals surface area contributed by atoms with E-state index >= 15 is 0 Å². The number of fused-ring (bicyclic) bond motifs is 2. The van der Waals surface area contributed by atoms with Crippen molar-refractivity contribution in [3.63, 3.8) is 0 Å². The van der Waals surface area contributed by atoms with Gasteiger partial charge in [-0.15, -0.1) is 0 Å². The summed E-state index contributed by atoms with van der Waals surface area (Å²) in [6.45, 7) is 2.30. The molecule has 0 saturated carbocycles. The molecule has 1 aromatic carbocycles. The van der Waals surface area contributed by atoms with Crippen molar-refractivity contribution in [3.8, 4) is 5.75 Å². The van der Waals surface area contributed by atoms with Crippen LogP contribution in [0, 0.1) is 0 Å². The quantitative estimate of drug-likeness (QED) is 0.674. The Bertz CT molecular complexity index is 932. The topological polar surface area (TPSA) is 109 Å². The van der Waals surface area contributed by atoms with Crippen molar-refractivity contribution in [1.82, 2.24) is 25.1 Å². The van der Waals surface area contributed by atoms with Gasteiger partial charge in [0.05, 0.1) is 11.7 Å². The molecule has 0 aliphatic carbocycles. The minimum atomic E-state index is -0.331. The monoisotopic (exact) mass is 324 g/mol. The molecule has 3 N–H and O–H groups in total. The summed E-state index contributed by atoms with van der Waals surface area (Å²) < 4.78 is 5.84. The normalized spacial score (nSPS) is 14.0. The van der Waals surface area contributed by atoms with Crippen LogP contribution in [0.5, 0.6) is 5.75 Å². The van der Waals surface area contributed by atoms with E-state index in [1.54, 1.807) is 0 Å². The third kappa shape index (κ3) is 2.62.